The van der Waals surface area contributed by atoms with Crippen molar-refractivity contribution in [3.05, 3.63) is 35.9 Å². The zero-order valence-electron chi connectivity index (χ0n) is 13.0. The van der Waals surface area contributed by atoms with Crippen LogP contribution < -0.4 is 5.14 Å². The van der Waals surface area contributed by atoms with Gasteiger partial charge < -0.3 is 9.47 Å². The van der Waals surface area contributed by atoms with E-state index < -0.39 is 22.2 Å². The summed E-state index contributed by atoms with van der Waals surface area (Å²) in [5.74, 6) is -0.593. The van der Waals surface area contributed by atoms with Crippen LogP contribution in [0, 0.1) is 0 Å². The molecule has 1 saturated carbocycles. The summed E-state index contributed by atoms with van der Waals surface area (Å²) in [6.07, 6.45) is 4.94. The van der Waals surface area contributed by atoms with Gasteiger partial charge in [0.25, 0.3) is 0 Å². The summed E-state index contributed by atoms with van der Waals surface area (Å²) in [6, 6.07) is 9.94. The summed E-state index contributed by atoms with van der Waals surface area (Å²) in [5, 5.41) is 4.94. The van der Waals surface area contributed by atoms with Crippen LogP contribution in [0.2, 0.25) is 0 Å². The number of nitrogens with two attached hydrogens (primary N) is 1. The third-order valence-electron chi connectivity index (χ3n) is 4.44. The lowest BCUT2D eigenvalue weighted by atomic mass is 9.94. The van der Waals surface area contributed by atoms with E-state index in [1.807, 2.05) is 30.3 Å². The molecule has 0 bridgehead atoms. The summed E-state index contributed by atoms with van der Waals surface area (Å²) in [5.41, 5.74) is 1.12. The summed E-state index contributed by atoms with van der Waals surface area (Å²) in [6.45, 7) is -0.113. The SMILES string of the molecule is NS(=O)(=O)OC[C@H]1OC2(CCCCC2)O[C@@H]1Cc1ccccc1. The fourth-order valence-electron chi connectivity index (χ4n) is 3.38. The molecule has 2 aliphatic rings. The van der Waals surface area contributed by atoms with E-state index in [1.165, 1.54) is 6.42 Å². The van der Waals surface area contributed by atoms with Crippen LogP contribution in [-0.2, 0) is 30.4 Å². The molecule has 1 aliphatic heterocycles. The first-order chi connectivity index (χ1) is 11.0. The third kappa shape index (κ3) is 4.51. The molecule has 1 saturated heterocycles. The van der Waals surface area contributed by atoms with Gasteiger partial charge >= 0.3 is 10.3 Å². The molecule has 6 nitrogen and oxygen atoms in total. The van der Waals surface area contributed by atoms with Gasteiger partial charge in [-0.1, -0.05) is 36.8 Å². The minimum atomic E-state index is -3.99. The fourth-order valence-corrected chi connectivity index (χ4v) is 3.70. The molecule has 0 unspecified atom stereocenters. The van der Waals surface area contributed by atoms with Gasteiger partial charge in [-0.25, -0.2) is 5.14 Å². The van der Waals surface area contributed by atoms with Crippen molar-refractivity contribution in [3.63, 3.8) is 0 Å². The Morgan fingerprint density at radius 1 is 1.09 bits per heavy atom. The summed E-state index contributed by atoms with van der Waals surface area (Å²) in [7, 11) is -3.99. The van der Waals surface area contributed by atoms with Crippen LogP contribution in [0.5, 0.6) is 0 Å². The van der Waals surface area contributed by atoms with Crippen LogP contribution in [0.25, 0.3) is 0 Å². The first-order valence-electron chi connectivity index (χ1n) is 8.03. The molecule has 2 fully saturated rings. The van der Waals surface area contributed by atoms with Gasteiger partial charge in [0, 0.05) is 19.3 Å². The lowest BCUT2D eigenvalue weighted by molar-refractivity contribution is -0.195. The molecule has 2 atom stereocenters. The maximum absolute atomic E-state index is 11.1. The van der Waals surface area contributed by atoms with Gasteiger partial charge in [-0.15, -0.1) is 0 Å². The van der Waals surface area contributed by atoms with E-state index in [-0.39, 0.29) is 12.7 Å². The van der Waals surface area contributed by atoms with E-state index in [4.69, 9.17) is 18.8 Å². The van der Waals surface area contributed by atoms with Crippen LogP contribution in [0.15, 0.2) is 30.3 Å². The second-order valence-electron chi connectivity index (χ2n) is 6.25. The highest BCUT2D eigenvalue weighted by atomic mass is 32.2. The molecule has 1 aliphatic carbocycles. The number of benzene rings is 1. The Hall–Kier alpha value is -0.990. The molecule has 3 rings (SSSR count). The molecule has 128 valence electrons. The van der Waals surface area contributed by atoms with Crippen molar-refractivity contribution in [1.29, 1.82) is 0 Å². The van der Waals surface area contributed by atoms with Gasteiger partial charge in [-0.2, -0.15) is 8.42 Å². The Morgan fingerprint density at radius 2 is 1.74 bits per heavy atom. The molecule has 0 aromatic heterocycles. The second-order valence-corrected chi connectivity index (χ2v) is 7.47. The Kier molecular flexibility index (Phi) is 5.03. The fraction of sp³-hybridized carbons (Fsp3) is 0.625. The van der Waals surface area contributed by atoms with Crippen LogP contribution >= 0.6 is 0 Å². The molecule has 7 heteroatoms. The zero-order valence-corrected chi connectivity index (χ0v) is 13.8. The smallest absolute Gasteiger partial charge is 0.333 e. The lowest BCUT2D eigenvalue weighted by Crippen LogP contribution is -2.34. The Labute approximate surface area is 137 Å². The normalized spacial score (nSPS) is 27.3. The van der Waals surface area contributed by atoms with E-state index in [2.05, 4.69) is 0 Å². The molecular formula is C16H23NO5S. The van der Waals surface area contributed by atoms with Gasteiger partial charge in [0.1, 0.15) is 6.10 Å². The molecule has 1 aromatic rings. The minimum absolute atomic E-state index is 0.113. The summed E-state index contributed by atoms with van der Waals surface area (Å²) >= 11 is 0. The predicted molar refractivity (Wildman–Crippen MR) is 84.8 cm³/mol. The average Bonchev–Trinajstić information content (AvgIpc) is 2.83. The molecular weight excluding hydrogens is 318 g/mol. The zero-order chi connectivity index (χ0) is 16.3. The number of hydrogen-bond acceptors (Lipinski definition) is 5. The van der Waals surface area contributed by atoms with Gasteiger partial charge in [-0.3, -0.25) is 4.18 Å². The van der Waals surface area contributed by atoms with Gasteiger partial charge in [-0.05, 0) is 18.4 Å². The number of ether oxygens (including phenoxy) is 2. The lowest BCUT2D eigenvalue weighted by Gasteiger charge is -2.32. The Bertz CT molecular complexity index is 613. The van der Waals surface area contributed by atoms with Crippen LogP contribution in [-0.4, -0.2) is 33.0 Å². The Morgan fingerprint density at radius 3 is 2.39 bits per heavy atom. The molecule has 1 aromatic carbocycles. The van der Waals surface area contributed by atoms with Crippen molar-refractivity contribution < 1.29 is 22.1 Å². The van der Waals surface area contributed by atoms with E-state index in [0.29, 0.717) is 6.42 Å². The van der Waals surface area contributed by atoms with Gasteiger partial charge in [0.15, 0.2) is 5.79 Å². The largest absolute Gasteiger partial charge is 0.344 e. The highest BCUT2D eigenvalue weighted by Gasteiger charge is 2.48. The molecule has 23 heavy (non-hydrogen) atoms. The topological polar surface area (TPSA) is 87.9 Å². The Balaban J connectivity index is 1.72. The summed E-state index contributed by atoms with van der Waals surface area (Å²) < 4.78 is 39.3. The number of rotatable bonds is 5. The molecule has 0 radical (unpaired) electrons. The van der Waals surface area contributed by atoms with E-state index in [9.17, 15) is 8.42 Å². The first kappa shape index (κ1) is 16.9. The average molecular weight is 341 g/mol. The van der Waals surface area contributed by atoms with Gasteiger partial charge in [0.2, 0.25) is 0 Å². The van der Waals surface area contributed by atoms with Crippen LogP contribution in [0.4, 0.5) is 0 Å². The quantitative estimate of drug-likeness (QED) is 0.883. The van der Waals surface area contributed by atoms with Gasteiger partial charge in [0.05, 0.1) is 12.7 Å². The predicted octanol–water partition coefficient (Wildman–Crippen LogP) is 1.89. The molecule has 0 amide bonds. The van der Waals surface area contributed by atoms with Crippen LogP contribution in [0.1, 0.15) is 37.7 Å². The van der Waals surface area contributed by atoms with Crippen molar-refractivity contribution in [2.75, 3.05) is 6.61 Å². The first-order valence-corrected chi connectivity index (χ1v) is 9.50. The van der Waals surface area contributed by atoms with Crippen molar-refractivity contribution in [2.24, 2.45) is 5.14 Å². The van der Waals surface area contributed by atoms with Crippen molar-refractivity contribution >= 4 is 10.3 Å². The second kappa shape index (κ2) is 6.86. The van der Waals surface area contributed by atoms with Crippen molar-refractivity contribution in [2.45, 2.75) is 56.5 Å². The molecule has 1 spiro atoms. The van der Waals surface area contributed by atoms with Crippen molar-refractivity contribution in [3.8, 4) is 0 Å². The van der Waals surface area contributed by atoms with E-state index in [1.54, 1.807) is 0 Å². The maximum atomic E-state index is 11.1. The highest BCUT2D eigenvalue weighted by molar-refractivity contribution is 7.84. The summed E-state index contributed by atoms with van der Waals surface area (Å²) in [4.78, 5) is 0. The maximum Gasteiger partial charge on any atom is 0.333 e. The van der Waals surface area contributed by atoms with E-state index in [0.717, 1.165) is 31.2 Å². The van der Waals surface area contributed by atoms with Crippen LogP contribution in [0.3, 0.4) is 0 Å². The standard InChI is InChI=1S/C16H23NO5S/c17-23(18,19)20-12-15-14(11-13-7-3-1-4-8-13)21-16(22-15)9-5-2-6-10-16/h1,3-4,7-8,14-15H,2,5-6,9-12H2,(H2,17,18,19)/t14-,15-/m1/s1. The highest BCUT2D eigenvalue weighted by Crippen LogP contribution is 2.41. The number of hydrogen-bond donors (Lipinski definition) is 1. The third-order valence-corrected chi connectivity index (χ3v) is 4.90. The van der Waals surface area contributed by atoms with Crippen molar-refractivity contribution in [1.82, 2.24) is 0 Å². The molecule has 2 N–H and O–H groups in total. The molecule has 1 heterocycles. The van der Waals surface area contributed by atoms with E-state index >= 15 is 0 Å². The minimum Gasteiger partial charge on any atom is -0.344 e. The monoisotopic (exact) mass is 341 g/mol.